The van der Waals surface area contributed by atoms with Crippen LogP contribution < -0.4 is 5.73 Å². The van der Waals surface area contributed by atoms with Gasteiger partial charge in [0.25, 0.3) is 5.91 Å². The molecule has 4 heteroatoms. The van der Waals surface area contributed by atoms with Crippen LogP contribution in [0.5, 0.6) is 0 Å². The number of hydrogen-bond acceptors (Lipinski definition) is 2. The van der Waals surface area contributed by atoms with E-state index in [9.17, 15) is 4.79 Å². The van der Waals surface area contributed by atoms with Crippen LogP contribution >= 0.6 is 15.9 Å². The Morgan fingerprint density at radius 1 is 1.14 bits per heavy atom. The second kappa shape index (κ2) is 5.90. The summed E-state index contributed by atoms with van der Waals surface area (Å²) in [6.45, 7) is 0.576. The van der Waals surface area contributed by atoms with Crippen molar-refractivity contribution in [2.45, 2.75) is 25.4 Å². The van der Waals surface area contributed by atoms with E-state index in [4.69, 9.17) is 5.73 Å². The van der Waals surface area contributed by atoms with Gasteiger partial charge in [-0.25, -0.2) is 0 Å². The molecule has 21 heavy (non-hydrogen) atoms. The summed E-state index contributed by atoms with van der Waals surface area (Å²) in [6, 6.07) is 15.6. The van der Waals surface area contributed by atoms with Gasteiger partial charge in [0.2, 0.25) is 0 Å². The quantitative estimate of drug-likeness (QED) is 0.856. The normalized spacial score (nSPS) is 14.0. The molecular weight excluding hydrogens is 328 g/mol. The predicted molar refractivity (Wildman–Crippen MR) is 87.9 cm³/mol. The Morgan fingerprint density at radius 2 is 1.81 bits per heavy atom. The number of rotatable bonds is 4. The van der Waals surface area contributed by atoms with Crippen LogP contribution in [0.2, 0.25) is 0 Å². The van der Waals surface area contributed by atoms with Crippen molar-refractivity contribution in [3.63, 3.8) is 0 Å². The van der Waals surface area contributed by atoms with Crippen molar-refractivity contribution < 1.29 is 4.79 Å². The Labute approximate surface area is 132 Å². The third kappa shape index (κ3) is 3.27. The molecule has 2 aromatic carbocycles. The molecule has 0 aromatic heterocycles. The Morgan fingerprint density at radius 3 is 2.43 bits per heavy atom. The van der Waals surface area contributed by atoms with Crippen LogP contribution in [0.15, 0.2) is 53.0 Å². The summed E-state index contributed by atoms with van der Waals surface area (Å²) < 4.78 is 0.976. The molecule has 3 nitrogen and oxygen atoms in total. The molecule has 1 amide bonds. The molecule has 0 radical (unpaired) electrons. The van der Waals surface area contributed by atoms with E-state index in [1.165, 1.54) is 0 Å². The fraction of sp³-hybridized carbons (Fsp3) is 0.235. The summed E-state index contributed by atoms with van der Waals surface area (Å²) in [5, 5.41) is 0. The number of carbonyl (C=O) groups is 1. The Balaban J connectivity index is 1.83. The van der Waals surface area contributed by atoms with E-state index in [0.717, 1.165) is 34.1 Å². The first-order valence-electron chi connectivity index (χ1n) is 7.05. The minimum absolute atomic E-state index is 0.0771. The second-order valence-electron chi connectivity index (χ2n) is 5.37. The van der Waals surface area contributed by atoms with Gasteiger partial charge in [0.05, 0.1) is 0 Å². The van der Waals surface area contributed by atoms with Gasteiger partial charge in [0, 0.05) is 28.3 Å². The van der Waals surface area contributed by atoms with Crippen molar-refractivity contribution in [3.05, 3.63) is 64.1 Å². The lowest BCUT2D eigenvalue weighted by Crippen LogP contribution is -2.32. The molecule has 1 aliphatic carbocycles. The highest BCUT2D eigenvalue weighted by molar-refractivity contribution is 9.10. The van der Waals surface area contributed by atoms with Crippen LogP contribution in [-0.2, 0) is 6.54 Å². The van der Waals surface area contributed by atoms with E-state index in [1.54, 1.807) is 0 Å². The van der Waals surface area contributed by atoms with E-state index in [0.29, 0.717) is 12.6 Å². The molecule has 1 saturated carbocycles. The maximum absolute atomic E-state index is 12.7. The first-order chi connectivity index (χ1) is 10.1. The lowest BCUT2D eigenvalue weighted by atomic mass is 10.1. The summed E-state index contributed by atoms with van der Waals surface area (Å²) in [7, 11) is 0. The standard InChI is InChI=1S/C17H17BrN2O/c18-14-7-5-12(6-8-14)17(21)20(15-9-10-15)11-13-3-1-2-4-16(13)19/h1-8,15H,9-11,19H2. The van der Waals surface area contributed by atoms with Gasteiger partial charge in [-0.1, -0.05) is 34.1 Å². The zero-order chi connectivity index (χ0) is 14.8. The highest BCUT2D eigenvalue weighted by Gasteiger charge is 2.33. The number of hydrogen-bond donors (Lipinski definition) is 1. The van der Waals surface area contributed by atoms with Crippen molar-refractivity contribution in [2.75, 3.05) is 5.73 Å². The minimum atomic E-state index is 0.0771. The van der Waals surface area contributed by atoms with Crippen LogP contribution in [0.25, 0.3) is 0 Å². The maximum Gasteiger partial charge on any atom is 0.254 e. The van der Waals surface area contributed by atoms with Crippen LogP contribution in [0.1, 0.15) is 28.8 Å². The molecule has 0 saturated heterocycles. The lowest BCUT2D eigenvalue weighted by Gasteiger charge is -2.23. The summed E-state index contributed by atoms with van der Waals surface area (Å²) in [5.74, 6) is 0.0771. The predicted octanol–water partition coefficient (Wildman–Crippen LogP) is 3.84. The average Bonchev–Trinajstić information content (AvgIpc) is 3.31. The van der Waals surface area contributed by atoms with E-state index in [1.807, 2.05) is 53.4 Å². The number of nitrogens with two attached hydrogens (primary N) is 1. The van der Waals surface area contributed by atoms with E-state index < -0.39 is 0 Å². The SMILES string of the molecule is Nc1ccccc1CN(C(=O)c1ccc(Br)cc1)C1CC1. The number of nitrogen functional groups attached to an aromatic ring is 1. The third-order valence-corrected chi connectivity index (χ3v) is 4.26. The summed E-state index contributed by atoms with van der Waals surface area (Å²) in [6.07, 6.45) is 2.16. The number of carbonyl (C=O) groups excluding carboxylic acids is 1. The first kappa shape index (κ1) is 14.1. The van der Waals surface area contributed by atoms with E-state index in [2.05, 4.69) is 15.9 Å². The second-order valence-corrected chi connectivity index (χ2v) is 6.29. The van der Waals surface area contributed by atoms with E-state index >= 15 is 0 Å². The number of anilines is 1. The van der Waals surface area contributed by atoms with Gasteiger partial charge in [-0.2, -0.15) is 0 Å². The number of amides is 1. The molecule has 2 aromatic rings. The summed E-state index contributed by atoms with van der Waals surface area (Å²) in [4.78, 5) is 14.7. The molecule has 0 atom stereocenters. The zero-order valence-corrected chi connectivity index (χ0v) is 13.2. The Kier molecular flexibility index (Phi) is 3.97. The van der Waals surface area contributed by atoms with Crippen LogP contribution in [-0.4, -0.2) is 16.8 Å². The average molecular weight is 345 g/mol. The van der Waals surface area contributed by atoms with Gasteiger partial charge >= 0.3 is 0 Å². The zero-order valence-electron chi connectivity index (χ0n) is 11.6. The number of nitrogens with zero attached hydrogens (tertiary/aromatic N) is 1. The molecule has 0 spiro atoms. The summed E-state index contributed by atoms with van der Waals surface area (Å²) in [5.41, 5.74) is 8.48. The number of benzene rings is 2. The van der Waals surface area contributed by atoms with Gasteiger partial charge < -0.3 is 10.6 Å². The topological polar surface area (TPSA) is 46.3 Å². The molecule has 0 bridgehead atoms. The highest BCUT2D eigenvalue weighted by atomic mass is 79.9. The van der Waals surface area contributed by atoms with Gasteiger partial charge in [0.15, 0.2) is 0 Å². The van der Waals surface area contributed by atoms with Crippen molar-refractivity contribution >= 4 is 27.5 Å². The Bertz CT molecular complexity index is 650. The molecule has 1 aliphatic rings. The molecule has 3 rings (SSSR count). The molecule has 0 unspecified atom stereocenters. The van der Waals surface area contributed by atoms with Crippen molar-refractivity contribution in [2.24, 2.45) is 0 Å². The van der Waals surface area contributed by atoms with Crippen molar-refractivity contribution in [1.29, 1.82) is 0 Å². The minimum Gasteiger partial charge on any atom is -0.398 e. The van der Waals surface area contributed by atoms with Gasteiger partial charge in [-0.3, -0.25) is 4.79 Å². The Hall–Kier alpha value is -1.81. The van der Waals surface area contributed by atoms with Crippen LogP contribution in [0.4, 0.5) is 5.69 Å². The summed E-state index contributed by atoms with van der Waals surface area (Å²) >= 11 is 3.39. The van der Waals surface area contributed by atoms with Gasteiger partial charge in [-0.15, -0.1) is 0 Å². The van der Waals surface area contributed by atoms with Gasteiger partial charge in [-0.05, 0) is 48.7 Å². The number of halogens is 1. The fourth-order valence-electron chi connectivity index (χ4n) is 2.37. The monoisotopic (exact) mass is 344 g/mol. The maximum atomic E-state index is 12.7. The fourth-order valence-corrected chi connectivity index (χ4v) is 2.64. The smallest absolute Gasteiger partial charge is 0.254 e. The van der Waals surface area contributed by atoms with Crippen LogP contribution in [0, 0.1) is 0 Å². The molecule has 108 valence electrons. The molecule has 0 heterocycles. The third-order valence-electron chi connectivity index (χ3n) is 3.74. The molecule has 1 fully saturated rings. The number of para-hydroxylation sites is 1. The van der Waals surface area contributed by atoms with Crippen molar-refractivity contribution in [3.8, 4) is 0 Å². The van der Waals surface area contributed by atoms with Crippen LogP contribution in [0.3, 0.4) is 0 Å². The van der Waals surface area contributed by atoms with Gasteiger partial charge in [0.1, 0.15) is 0 Å². The first-order valence-corrected chi connectivity index (χ1v) is 7.84. The largest absolute Gasteiger partial charge is 0.398 e. The van der Waals surface area contributed by atoms with Crippen molar-refractivity contribution in [1.82, 2.24) is 4.90 Å². The molecule has 0 aliphatic heterocycles. The molecule has 2 N–H and O–H groups in total. The van der Waals surface area contributed by atoms with E-state index in [-0.39, 0.29) is 5.91 Å². The highest BCUT2D eigenvalue weighted by Crippen LogP contribution is 2.31. The lowest BCUT2D eigenvalue weighted by molar-refractivity contribution is 0.0730. The molecular formula is C17H17BrN2O.